The number of rotatable bonds is 5. The number of carbonyl (C=O) groups excluding carboxylic acids is 3. The van der Waals surface area contributed by atoms with Gasteiger partial charge in [0.2, 0.25) is 11.8 Å². The van der Waals surface area contributed by atoms with Crippen molar-refractivity contribution in [3.05, 3.63) is 35.1 Å². The van der Waals surface area contributed by atoms with E-state index in [0.29, 0.717) is 26.1 Å². The summed E-state index contributed by atoms with van der Waals surface area (Å²) in [6.07, 6.45) is -1.27. The highest BCUT2D eigenvalue weighted by molar-refractivity contribution is 6.16. The van der Waals surface area contributed by atoms with Gasteiger partial charge in [0.15, 0.2) is 0 Å². The Bertz CT molecular complexity index is 749. The Morgan fingerprint density at radius 1 is 1.26 bits per heavy atom. The van der Waals surface area contributed by atoms with Crippen molar-refractivity contribution in [1.82, 2.24) is 10.2 Å². The molecule has 2 saturated heterocycles. The maximum Gasteiger partial charge on any atom is 0.331 e. The molecule has 2 heterocycles. The average Bonchev–Trinajstić information content (AvgIpc) is 2.62. The highest BCUT2D eigenvalue weighted by Crippen LogP contribution is 2.25. The van der Waals surface area contributed by atoms with Gasteiger partial charge in [-0.15, -0.1) is 0 Å². The number of hydrogen-bond donors (Lipinski definition) is 1. The monoisotopic (exact) mass is 380 g/mol. The third-order valence-corrected chi connectivity index (χ3v) is 4.99. The summed E-state index contributed by atoms with van der Waals surface area (Å²) in [6, 6.07) is 3.26. The number of hydrogen-bond acceptors (Lipinski definition) is 4. The first-order chi connectivity index (χ1) is 12.9. The van der Waals surface area contributed by atoms with Crippen LogP contribution >= 0.6 is 0 Å². The number of aryl methyl sites for hydroxylation is 1. The van der Waals surface area contributed by atoms with Crippen LogP contribution in [0.1, 0.15) is 30.4 Å². The normalized spacial score (nSPS) is 22.7. The van der Waals surface area contributed by atoms with Gasteiger partial charge in [0.25, 0.3) is 0 Å². The first kappa shape index (κ1) is 19.4. The molecule has 1 N–H and O–H groups in total. The van der Waals surface area contributed by atoms with E-state index in [-0.39, 0.29) is 18.0 Å². The lowest BCUT2D eigenvalue weighted by molar-refractivity contribution is -0.146. The number of benzene rings is 1. The number of nitrogens with one attached hydrogen (secondary N) is 1. The SMILES string of the molecule is Cc1ccc(F)c(C[C@H](F)CC2C(=O)NC(=O)N(C3CCOCC3)C2=O)c1. The van der Waals surface area contributed by atoms with Crippen LogP contribution in [0.2, 0.25) is 0 Å². The van der Waals surface area contributed by atoms with Crippen LogP contribution in [0.5, 0.6) is 0 Å². The second kappa shape index (κ2) is 8.12. The van der Waals surface area contributed by atoms with Crippen LogP contribution in [0.15, 0.2) is 18.2 Å². The maximum atomic E-state index is 14.6. The first-order valence-electron chi connectivity index (χ1n) is 9.01. The molecule has 0 spiro atoms. The van der Waals surface area contributed by atoms with Crippen molar-refractivity contribution in [1.29, 1.82) is 0 Å². The van der Waals surface area contributed by atoms with E-state index < -0.39 is 42.2 Å². The molecule has 2 fully saturated rings. The van der Waals surface area contributed by atoms with Crippen molar-refractivity contribution in [2.75, 3.05) is 13.2 Å². The molecule has 0 aromatic heterocycles. The Morgan fingerprint density at radius 2 is 1.96 bits per heavy atom. The van der Waals surface area contributed by atoms with Crippen molar-refractivity contribution in [2.24, 2.45) is 5.92 Å². The molecule has 1 aromatic rings. The molecule has 0 saturated carbocycles. The van der Waals surface area contributed by atoms with Gasteiger partial charge < -0.3 is 4.74 Å². The molecule has 6 nitrogen and oxygen atoms in total. The summed E-state index contributed by atoms with van der Waals surface area (Å²) in [4.78, 5) is 38.0. The van der Waals surface area contributed by atoms with E-state index in [1.54, 1.807) is 19.1 Å². The van der Waals surface area contributed by atoms with Gasteiger partial charge in [0, 0.05) is 25.7 Å². The van der Waals surface area contributed by atoms with Crippen LogP contribution in [-0.4, -0.2) is 48.2 Å². The molecule has 8 heteroatoms. The van der Waals surface area contributed by atoms with E-state index in [2.05, 4.69) is 5.32 Å². The smallest absolute Gasteiger partial charge is 0.331 e. The second-order valence-electron chi connectivity index (χ2n) is 7.03. The number of alkyl halides is 1. The lowest BCUT2D eigenvalue weighted by Gasteiger charge is -2.37. The summed E-state index contributed by atoms with van der Waals surface area (Å²) in [5, 5.41) is 2.14. The van der Waals surface area contributed by atoms with Gasteiger partial charge in [0.05, 0.1) is 0 Å². The summed E-state index contributed by atoms with van der Waals surface area (Å²) in [5.41, 5.74) is 0.991. The molecule has 2 atom stereocenters. The number of imide groups is 2. The molecule has 146 valence electrons. The van der Waals surface area contributed by atoms with Gasteiger partial charge >= 0.3 is 6.03 Å². The largest absolute Gasteiger partial charge is 0.381 e. The number of carbonyl (C=O) groups is 3. The Morgan fingerprint density at radius 3 is 2.67 bits per heavy atom. The molecule has 0 bridgehead atoms. The zero-order chi connectivity index (χ0) is 19.6. The lowest BCUT2D eigenvalue weighted by Crippen LogP contribution is -2.62. The number of ether oxygens (including phenoxy) is 1. The maximum absolute atomic E-state index is 14.6. The fraction of sp³-hybridized carbons (Fsp3) is 0.526. The molecule has 3 rings (SSSR count). The average molecular weight is 380 g/mol. The van der Waals surface area contributed by atoms with Crippen molar-refractivity contribution in [3.63, 3.8) is 0 Å². The van der Waals surface area contributed by atoms with Gasteiger partial charge in [-0.3, -0.25) is 19.8 Å². The highest BCUT2D eigenvalue weighted by atomic mass is 19.1. The fourth-order valence-electron chi connectivity index (χ4n) is 3.57. The zero-order valence-corrected chi connectivity index (χ0v) is 15.0. The summed E-state index contributed by atoms with van der Waals surface area (Å²) in [5.74, 6) is -3.32. The summed E-state index contributed by atoms with van der Waals surface area (Å²) in [6.45, 7) is 2.60. The Balaban J connectivity index is 1.70. The third kappa shape index (κ3) is 4.32. The molecular formula is C19H22F2N2O4. The third-order valence-electron chi connectivity index (χ3n) is 4.99. The second-order valence-corrected chi connectivity index (χ2v) is 7.03. The molecule has 4 amide bonds. The standard InChI is InChI=1S/C19H22F2N2O4/c1-11-2-3-16(21)12(8-11)9-13(20)10-15-17(24)22-19(26)23(18(15)25)14-4-6-27-7-5-14/h2-3,8,13-15H,4-7,9-10H2,1H3,(H,22,24,26)/t13-,15?/m0/s1. The van der Waals surface area contributed by atoms with Crippen LogP contribution in [0.25, 0.3) is 0 Å². The topological polar surface area (TPSA) is 75.7 Å². The highest BCUT2D eigenvalue weighted by Gasteiger charge is 2.44. The van der Waals surface area contributed by atoms with Crippen LogP contribution in [-0.2, 0) is 20.7 Å². The van der Waals surface area contributed by atoms with Gasteiger partial charge in [-0.1, -0.05) is 17.7 Å². The van der Waals surface area contributed by atoms with Crippen molar-refractivity contribution >= 4 is 17.8 Å². The van der Waals surface area contributed by atoms with E-state index in [0.717, 1.165) is 10.5 Å². The quantitative estimate of drug-likeness (QED) is 0.796. The van der Waals surface area contributed by atoms with E-state index in [9.17, 15) is 23.2 Å². The number of nitrogens with zero attached hydrogens (tertiary/aromatic N) is 1. The Kier molecular flexibility index (Phi) is 5.84. The van der Waals surface area contributed by atoms with Gasteiger partial charge in [-0.05, 0) is 37.8 Å². The van der Waals surface area contributed by atoms with Gasteiger partial charge in [0.1, 0.15) is 17.9 Å². The number of barbiturate groups is 1. The predicted octanol–water partition coefficient (Wildman–Crippen LogP) is 2.28. The molecule has 1 aromatic carbocycles. The molecule has 0 radical (unpaired) electrons. The van der Waals surface area contributed by atoms with Crippen molar-refractivity contribution in [2.45, 2.75) is 44.8 Å². The summed E-state index contributed by atoms with van der Waals surface area (Å²) in [7, 11) is 0. The molecule has 0 aliphatic carbocycles. The molecule has 2 aliphatic heterocycles. The Hall–Kier alpha value is -2.35. The minimum absolute atomic E-state index is 0.198. The van der Waals surface area contributed by atoms with E-state index in [1.165, 1.54) is 6.07 Å². The molecule has 27 heavy (non-hydrogen) atoms. The van der Waals surface area contributed by atoms with Crippen LogP contribution in [0.3, 0.4) is 0 Å². The molecule has 2 aliphatic rings. The minimum atomic E-state index is -1.59. The van der Waals surface area contributed by atoms with Crippen molar-refractivity contribution < 1.29 is 27.9 Å². The van der Waals surface area contributed by atoms with Crippen LogP contribution < -0.4 is 5.32 Å². The fourth-order valence-corrected chi connectivity index (χ4v) is 3.57. The van der Waals surface area contributed by atoms with E-state index in [4.69, 9.17) is 4.74 Å². The van der Waals surface area contributed by atoms with Crippen LogP contribution in [0, 0.1) is 18.7 Å². The number of urea groups is 1. The first-order valence-corrected chi connectivity index (χ1v) is 9.01. The van der Waals surface area contributed by atoms with E-state index in [1.807, 2.05) is 0 Å². The predicted molar refractivity (Wildman–Crippen MR) is 92.1 cm³/mol. The molecule has 1 unspecified atom stereocenters. The zero-order valence-electron chi connectivity index (χ0n) is 15.0. The number of halogens is 2. The number of amides is 4. The lowest BCUT2D eigenvalue weighted by atomic mass is 9.93. The van der Waals surface area contributed by atoms with Gasteiger partial charge in [-0.2, -0.15) is 0 Å². The summed E-state index contributed by atoms with van der Waals surface area (Å²) >= 11 is 0. The van der Waals surface area contributed by atoms with Crippen molar-refractivity contribution in [3.8, 4) is 0 Å². The minimum Gasteiger partial charge on any atom is -0.381 e. The Labute approximate surface area is 155 Å². The van der Waals surface area contributed by atoms with E-state index >= 15 is 0 Å². The molecular weight excluding hydrogens is 358 g/mol. The van der Waals surface area contributed by atoms with Crippen LogP contribution in [0.4, 0.5) is 13.6 Å². The summed E-state index contributed by atoms with van der Waals surface area (Å²) < 4.78 is 33.6. The van der Waals surface area contributed by atoms with Gasteiger partial charge in [-0.25, -0.2) is 13.6 Å².